The van der Waals surface area contributed by atoms with E-state index in [-0.39, 0.29) is 5.75 Å². The third kappa shape index (κ3) is 2.78. The van der Waals surface area contributed by atoms with Gasteiger partial charge in [-0.3, -0.25) is 9.12 Å². The Kier molecular flexibility index (Phi) is 3.39. The van der Waals surface area contributed by atoms with Crippen LogP contribution >= 0.6 is 15.9 Å². The molecular formula is C10H12BrN3O2S. The number of sulfonamides is 1. The highest BCUT2D eigenvalue weighted by molar-refractivity contribution is 9.10. The maximum atomic E-state index is 11.6. The fourth-order valence-electron chi connectivity index (χ4n) is 1.51. The molecule has 0 radical (unpaired) electrons. The summed E-state index contributed by atoms with van der Waals surface area (Å²) >= 11 is 3.33. The first-order chi connectivity index (χ1) is 8.02. The molecule has 0 bridgehead atoms. The summed E-state index contributed by atoms with van der Waals surface area (Å²) < 4.78 is 28.3. The lowest BCUT2D eigenvalue weighted by Crippen LogP contribution is -2.16. The number of nitrogens with zero attached hydrogens (tertiary/aromatic N) is 2. The first-order valence-electron chi connectivity index (χ1n) is 5.15. The highest BCUT2D eigenvalue weighted by atomic mass is 79.9. The topological polar surface area (TPSA) is 63.5 Å². The number of hydrogen-bond donors (Lipinski definition) is 1. The zero-order chi connectivity index (χ0) is 12.5. The van der Waals surface area contributed by atoms with Crippen molar-refractivity contribution in [1.82, 2.24) is 9.38 Å². The Morgan fingerprint density at radius 2 is 2.24 bits per heavy atom. The molecular weight excluding hydrogens is 306 g/mol. The van der Waals surface area contributed by atoms with E-state index in [1.54, 1.807) is 28.9 Å². The molecule has 2 aromatic rings. The number of anilines is 1. The highest BCUT2D eigenvalue weighted by Gasteiger charge is 2.09. The van der Waals surface area contributed by atoms with Gasteiger partial charge >= 0.3 is 0 Å². The summed E-state index contributed by atoms with van der Waals surface area (Å²) in [5.74, 6) is 0.121. The van der Waals surface area contributed by atoms with Crippen LogP contribution in [0.2, 0.25) is 0 Å². The van der Waals surface area contributed by atoms with Crippen LogP contribution in [0, 0.1) is 0 Å². The Morgan fingerprint density at radius 1 is 1.47 bits per heavy atom. The molecule has 2 rings (SSSR count). The lowest BCUT2D eigenvalue weighted by atomic mass is 10.4. The van der Waals surface area contributed by atoms with Crippen LogP contribution in [0.1, 0.15) is 13.3 Å². The molecule has 92 valence electrons. The Bertz CT molecular complexity index is 636. The third-order valence-electron chi connectivity index (χ3n) is 2.21. The van der Waals surface area contributed by atoms with Crippen molar-refractivity contribution in [2.24, 2.45) is 0 Å². The minimum atomic E-state index is -3.25. The number of nitrogens with one attached hydrogen (secondary N) is 1. The fourth-order valence-corrected chi connectivity index (χ4v) is 3.02. The summed E-state index contributed by atoms with van der Waals surface area (Å²) in [6, 6.07) is 3.45. The Morgan fingerprint density at radius 3 is 2.94 bits per heavy atom. The Hall–Kier alpha value is -1.08. The van der Waals surface area contributed by atoms with Crippen molar-refractivity contribution in [3.8, 4) is 0 Å². The maximum Gasteiger partial charge on any atom is 0.232 e. The Labute approximate surface area is 108 Å². The maximum absolute atomic E-state index is 11.6. The van der Waals surface area contributed by atoms with Gasteiger partial charge in [0, 0.05) is 6.20 Å². The van der Waals surface area contributed by atoms with E-state index >= 15 is 0 Å². The lowest BCUT2D eigenvalue weighted by Gasteiger charge is -2.07. The van der Waals surface area contributed by atoms with E-state index in [1.807, 2.05) is 6.92 Å². The van der Waals surface area contributed by atoms with Crippen molar-refractivity contribution in [3.05, 3.63) is 29.1 Å². The molecule has 0 amide bonds. The second kappa shape index (κ2) is 4.66. The van der Waals surface area contributed by atoms with Crippen molar-refractivity contribution >= 4 is 37.3 Å². The van der Waals surface area contributed by atoms with Gasteiger partial charge in [0.2, 0.25) is 10.0 Å². The minimum absolute atomic E-state index is 0.121. The van der Waals surface area contributed by atoms with Crippen LogP contribution in [-0.2, 0) is 10.0 Å². The van der Waals surface area contributed by atoms with E-state index in [9.17, 15) is 8.42 Å². The summed E-state index contributed by atoms with van der Waals surface area (Å²) in [5, 5.41) is 0. The summed E-state index contributed by atoms with van der Waals surface area (Å²) in [7, 11) is -3.25. The Balaban J connectivity index is 2.34. The predicted molar refractivity (Wildman–Crippen MR) is 70.6 cm³/mol. The normalized spacial score (nSPS) is 11.9. The number of halogens is 1. The first kappa shape index (κ1) is 12.4. The van der Waals surface area contributed by atoms with E-state index in [4.69, 9.17) is 0 Å². The molecule has 7 heteroatoms. The fraction of sp³-hybridized carbons (Fsp3) is 0.300. The molecule has 1 N–H and O–H groups in total. The second-order valence-corrected chi connectivity index (χ2v) is 6.30. The highest BCUT2D eigenvalue weighted by Crippen LogP contribution is 2.17. The van der Waals surface area contributed by atoms with Gasteiger partial charge < -0.3 is 0 Å². The molecule has 17 heavy (non-hydrogen) atoms. The number of fused-ring (bicyclic) bond motifs is 1. The molecule has 0 atom stereocenters. The number of pyridine rings is 1. The van der Waals surface area contributed by atoms with Crippen molar-refractivity contribution in [1.29, 1.82) is 0 Å². The molecule has 0 unspecified atom stereocenters. The minimum Gasteiger partial charge on any atom is -0.292 e. The number of aromatic nitrogens is 2. The first-order valence-corrected chi connectivity index (χ1v) is 7.59. The molecule has 2 heterocycles. The summed E-state index contributed by atoms with van der Waals surface area (Å²) in [6.07, 6.45) is 3.95. The molecule has 0 aliphatic rings. The summed E-state index contributed by atoms with van der Waals surface area (Å²) in [6.45, 7) is 1.83. The van der Waals surface area contributed by atoms with Gasteiger partial charge in [-0.1, -0.05) is 6.92 Å². The van der Waals surface area contributed by atoms with Crippen molar-refractivity contribution in [3.63, 3.8) is 0 Å². The predicted octanol–water partition coefficient (Wildman–Crippen LogP) is 2.25. The van der Waals surface area contributed by atoms with E-state index in [1.165, 1.54) is 0 Å². The number of hydrogen-bond acceptors (Lipinski definition) is 3. The second-order valence-electron chi connectivity index (χ2n) is 3.65. The number of rotatable bonds is 4. The van der Waals surface area contributed by atoms with Crippen molar-refractivity contribution < 1.29 is 8.42 Å². The summed E-state index contributed by atoms with van der Waals surface area (Å²) in [5.41, 5.74) is 1.29. The van der Waals surface area contributed by atoms with E-state index in [2.05, 4.69) is 25.6 Å². The van der Waals surface area contributed by atoms with E-state index in [0.29, 0.717) is 12.1 Å². The summed E-state index contributed by atoms with van der Waals surface area (Å²) in [4.78, 5) is 4.13. The zero-order valence-electron chi connectivity index (χ0n) is 9.22. The van der Waals surface area contributed by atoms with Crippen LogP contribution in [0.5, 0.6) is 0 Å². The van der Waals surface area contributed by atoms with Gasteiger partial charge in [-0.25, -0.2) is 13.4 Å². The molecule has 2 aromatic heterocycles. The molecule has 0 fully saturated rings. The van der Waals surface area contributed by atoms with E-state index in [0.717, 1.165) is 10.3 Å². The van der Waals surface area contributed by atoms with Gasteiger partial charge in [0.15, 0.2) is 0 Å². The van der Waals surface area contributed by atoms with Crippen LogP contribution in [0.3, 0.4) is 0 Å². The smallest absolute Gasteiger partial charge is 0.232 e. The van der Waals surface area contributed by atoms with Gasteiger partial charge in [-0.15, -0.1) is 0 Å². The standard InChI is InChI=1S/C10H12BrN3O2S/c1-2-5-17(15,16)13-8-3-4-10-12-6-9(11)14(10)7-8/h3-4,6-7,13H,2,5H2,1H3. The van der Waals surface area contributed by atoms with Crippen molar-refractivity contribution in [2.45, 2.75) is 13.3 Å². The third-order valence-corrected chi connectivity index (χ3v) is 4.29. The van der Waals surface area contributed by atoms with Crippen LogP contribution < -0.4 is 4.72 Å². The average molecular weight is 318 g/mol. The van der Waals surface area contributed by atoms with Crippen LogP contribution in [-0.4, -0.2) is 23.6 Å². The molecule has 0 saturated carbocycles. The molecule has 0 aliphatic carbocycles. The molecule has 0 saturated heterocycles. The number of imidazole rings is 1. The molecule has 0 aliphatic heterocycles. The van der Waals surface area contributed by atoms with Crippen molar-refractivity contribution in [2.75, 3.05) is 10.5 Å². The van der Waals surface area contributed by atoms with Gasteiger partial charge in [-0.2, -0.15) is 0 Å². The molecule has 5 nitrogen and oxygen atoms in total. The SMILES string of the molecule is CCCS(=O)(=O)Nc1ccc2ncc(Br)n2c1. The van der Waals surface area contributed by atoms with Crippen LogP contribution in [0.4, 0.5) is 5.69 Å². The quantitative estimate of drug-likeness (QED) is 0.940. The van der Waals surface area contributed by atoms with Gasteiger partial charge in [0.05, 0.1) is 17.6 Å². The average Bonchev–Trinajstić information content (AvgIpc) is 2.60. The monoisotopic (exact) mass is 317 g/mol. The lowest BCUT2D eigenvalue weighted by molar-refractivity contribution is 0.600. The molecule has 0 spiro atoms. The van der Waals surface area contributed by atoms with Gasteiger partial charge in [-0.05, 0) is 34.5 Å². The van der Waals surface area contributed by atoms with E-state index < -0.39 is 10.0 Å². The molecule has 0 aromatic carbocycles. The van der Waals surface area contributed by atoms with Crippen LogP contribution in [0.25, 0.3) is 5.65 Å². The van der Waals surface area contributed by atoms with Gasteiger partial charge in [0.25, 0.3) is 0 Å². The van der Waals surface area contributed by atoms with Gasteiger partial charge in [0.1, 0.15) is 10.3 Å². The largest absolute Gasteiger partial charge is 0.292 e. The van der Waals surface area contributed by atoms with Crippen LogP contribution in [0.15, 0.2) is 29.1 Å². The zero-order valence-corrected chi connectivity index (χ0v) is 11.6.